The fraction of sp³-hybridized carbons (Fsp3) is 0.407. The number of carbonyl (C=O) groups excluding carboxylic acids is 1. The van der Waals surface area contributed by atoms with E-state index in [0.717, 1.165) is 6.42 Å². The summed E-state index contributed by atoms with van der Waals surface area (Å²) >= 11 is 13.4. The van der Waals surface area contributed by atoms with Crippen molar-refractivity contribution >= 4 is 46.1 Å². The van der Waals surface area contributed by atoms with Gasteiger partial charge in [-0.2, -0.15) is 4.98 Å². The summed E-state index contributed by atoms with van der Waals surface area (Å²) in [5.41, 5.74) is 0.696. The molecule has 13 heteroatoms. The van der Waals surface area contributed by atoms with Crippen molar-refractivity contribution in [3.8, 4) is 22.6 Å². The Labute approximate surface area is 241 Å². The number of carbonyl (C=O) groups is 1. The van der Waals surface area contributed by atoms with Crippen LogP contribution in [0.4, 0.5) is 5.95 Å². The van der Waals surface area contributed by atoms with Gasteiger partial charge >= 0.3 is 0 Å². The van der Waals surface area contributed by atoms with Crippen LogP contribution >= 0.6 is 23.2 Å². The SMILES string of the molecule is C=CC(=O)N1CCC(NCCn2c(=O)c(-c3c(Cl)c(OC)cc(OC)c3Cl)cc3cnc(NC4COC4)nc32)C1. The highest BCUT2D eigenvalue weighted by Crippen LogP contribution is 2.45. The first kappa shape index (κ1) is 28.2. The summed E-state index contributed by atoms with van der Waals surface area (Å²) in [7, 11) is 2.95. The predicted octanol–water partition coefficient (Wildman–Crippen LogP) is 2.97. The van der Waals surface area contributed by atoms with E-state index in [-0.39, 0.29) is 39.2 Å². The highest BCUT2D eigenvalue weighted by atomic mass is 35.5. The first-order valence-corrected chi connectivity index (χ1v) is 13.6. The molecule has 0 aliphatic carbocycles. The van der Waals surface area contributed by atoms with E-state index in [1.54, 1.807) is 27.8 Å². The van der Waals surface area contributed by atoms with Crippen LogP contribution in [0, 0.1) is 0 Å². The molecule has 0 saturated carbocycles. The van der Waals surface area contributed by atoms with Gasteiger partial charge in [0.15, 0.2) is 0 Å². The number of aromatic nitrogens is 3. The first-order valence-electron chi connectivity index (χ1n) is 12.8. The molecule has 2 N–H and O–H groups in total. The molecule has 212 valence electrons. The number of benzene rings is 1. The van der Waals surface area contributed by atoms with Gasteiger partial charge in [-0.25, -0.2) is 4.98 Å². The second-order valence-corrected chi connectivity index (χ2v) is 10.3. The van der Waals surface area contributed by atoms with Gasteiger partial charge < -0.3 is 29.7 Å². The molecule has 2 saturated heterocycles. The highest BCUT2D eigenvalue weighted by Gasteiger charge is 2.26. The average Bonchev–Trinajstić information content (AvgIpc) is 3.41. The van der Waals surface area contributed by atoms with E-state index in [0.29, 0.717) is 73.4 Å². The first-order chi connectivity index (χ1) is 19.3. The number of nitrogens with one attached hydrogen (secondary N) is 2. The lowest BCUT2D eigenvalue weighted by atomic mass is 10.0. The van der Waals surface area contributed by atoms with Gasteiger partial charge in [-0.05, 0) is 18.6 Å². The Morgan fingerprint density at radius 2 is 1.93 bits per heavy atom. The minimum atomic E-state index is -0.333. The predicted molar refractivity (Wildman–Crippen MR) is 154 cm³/mol. The zero-order valence-electron chi connectivity index (χ0n) is 22.2. The third-order valence-corrected chi connectivity index (χ3v) is 7.83. The van der Waals surface area contributed by atoms with Crippen LogP contribution in [0.15, 0.2) is 35.8 Å². The zero-order chi connectivity index (χ0) is 28.4. The van der Waals surface area contributed by atoms with Gasteiger partial charge in [-0.3, -0.25) is 14.2 Å². The van der Waals surface area contributed by atoms with Crippen molar-refractivity contribution in [2.24, 2.45) is 0 Å². The van der Waals surface area contributed by atoms with Crippen molar-refractivity contribution < 1.29 is 19.0 Å². The number of hydrogen-bond acceptors (Lipinski definition) is 9. The topological polar surface area (TPSA) is 120 Å². The van der Waals surface area contributed by atoms with Gasteiger partial charge in [-0.15, -0.1) is 0 Å². The monoisotopic (exact) mass is 588 g/mol. The lowest BCUT2D eigenvalue weighted by Gasteiger charge is -2.26. The molecule has 1 amide bonds. The number of nitrogens with zero attached hydrogens (tertiary/aromatic N) is 4. The molecular formula is C27H30Cl2N6O5. The lowest BCUT2D eigenvalue weighted by molar-refractivity contribution is -0.125. The molecule has 5 rings (SSSR count). The molecule has 2 aliphatic rings. The van der Waals surface area contributed by atoms with Crippen molar-refractivity contribution in [3.63, 3.8) is 0 Å². The molecule has 0 spiro atoms. The van der Waals surface area contributed by atoms with Gasteiger partial charge in [0.25, 0.3) is 5.56 Å². The molecular weight excluding hydrogens is 559 g/mol. The normalized spacial score (nSPS) is 17.1. The second-order valence-electron chi connectivity index (χ2n) is 9.58. The molecule has 1 aromatic carbocycles. The summed E-state index contributed by atoms with van der Waals surface area (Å²) < 4.78 is 17.7. The Hall–Kier alpha value is -3.38. The number of methoxy groups -OCH3 is 2. The van der Waals surface area contributed by atoms with Crippen LogP contribution < -0.4 is 25.7 Å². The van der Waals surface area contributed by atoms with Crippen molar-refractivity contribution in [2.45, 2.75) is 25.0 Å². The molecule has 1 atom stereocenters. The van der Waals surface area contributed by atoms with Crippen LogP contribution in [0.3, 0.4) is 0 Å². The number of fused-ring (bicyclic) bond motifs is 1. The Kier molecular flexibility index (Phi) is 8.46. The van der Waals surface area contributed by atoms with Crippen LogP contribution in [-0.4, -0.2) is 84.5 Å². The lowest BCUT2D eigenvalue weighted by Crippen LogP contribution is -2.40. The Balaban J connectivity index is 1.53. The quantitative estimate of drug-likeness (QED) is 0.344. The maximum absolute atomic E-state index is 14.1. The van der Waals surface area contributed by atoms with E-state index >= 15 is 0 Å². The molecule has 4 heterocycles. The van der Waals surface area contributed by atoms with Crippen LogP contribution in [0.5, 0.6) is 11.5 Å². The number of amides is 1. The van der Waals surface area contributed by atoms with Crippen molar-refractivity contribution in [3.05, 3.63) is 51.4 Å². The van der Waals surface area contributed by atoms with Crippen LogP contribution in [0.25, 0.3) is 22.2 Å². The minimum absolute atomic E-state index is 0.0877. The largest absolute Gasteiger partial charge is 0.495 e. The van der Waals surface area contributed by atoms with Crippen molar-refractivity contribution in [2.75, 3.05) is 52.4 Å². The molecule has 1 unspecified atom stereocenters. The smallest absolute Gasteiger partial charge is 0.260 e. The van der Waals surface area contributed by atoms with Gasteiger partial charge in [0.1, 0.15) is 17.1 Å². The number of anilines is 1. The standard InChI is InChI=1S/C27H30Cl2N6O5/c1-4-21(36)34-7-5-16(12-34)30-6-8-35-25-15(11-31-27(33-25)32-17-13-40-14-17)9-18(26(35)37)22-23(28)19(38-2)10-20(39-3)24(22)29/h4,9-11,16-17,30H,1,5-8,12-14H2,2-3H3,(H,31,32,33). The third-order valence-electron chi connectivity index (χ3n) is 7.08. The molecule has 2 aliphatic heterocycles. The summed E-state index contributed by atoms with van der Waals surface area (Å²) in [6.45, 7) is 6.70. The molecule has 40 heavy (non-hydrogen) atoms. The van der Waals surface area contributed by atoms with E-state index in [9.17, 15) is 9.59 Å². The third kappa shape index (κ3) is 5.46. The van der Waals surface area contributed by atoms with E-state index in [1.807, 2.05) is 0 Å². The van der Waals surface area contributed by atoms with Crippen LogP contribution in [-0.2, 0) is 16.1 Å². The number of rotatable bonds is 10. The zero-order valence-corrected chi connectivity index (χ0v) is 23.7. The molecule has 11 nitrogen and oxygen atoms in total. The fourth-order valence-electron chi connectivity index (χ4n) is 4.88. The number of pyridine rings is 1. The van der Waals surface area contributed by atoms with Crippen molar-refractivity contribution in [1.82, 2.24) is 24.8 Å². The maximum Gasteiger partial charge on any atom is 0.260 e. The van der Waals surface area contributed by atoms with E-state index in [2.05, 4.69) is 27.2 Å². The van der Waals surface area contributed by atoms with Gasteiger partial charge in [0, 0.05) is 55.4 Å². The highest BCUT2D eigenvalue weighted by molar-refractivity contribution is 6.41. The second kappa shape index (κ2) is 12.0. The average molecular weight is 589 g/mol. The molecule has 0 bridgehead atoms. The molecule has 0 radical (unpaired) electrons. The molecule has 2 fully saturated rings. The number of ether oxygens (including phenoxy) is 3. The van der Waals surface area contributed by atoms with E-state index in [4.69, 9.17) is 37.4 Å². The van der Waals surface area contributed by atoms with Crippen molar-refractivity contribution in [1.29, 1.82) is 0 Å². The molecule has 2 aromatic heterocycles. The van der Waals surface area contributed by atoms with Gasteiger partial charge in [0.05, 0.1) is 49.1 Å². The Morgan fingerprint density at radius 3 is 2.55 bits per heavy atom. The summed E-state index contributed by atoms with van der Waals surface area (Å²) in [6, 6.07) is 3.47. The Bertz CT molecular complexity index is 1480. The van der Waals surface area contributed by atoms with Gasteiger partial charge in [0.2, 0.25) is 11.9 Å². The molecule has 3 aromatic rings. The fourth-order valence-corrected chi connectivity index (χ4v) is 5.58. The summed E-state index contributed by atoms with van der Waals surface area (Å²) in [5.74, 6) is 0.964. The summed E-state index contributed by atoms with van der Waals surface area (Å²) in [6.07, 6.45) is 3.79. The number of hydrogen-bond donors (Lipinski definition) is 2. The van der Waals surface area contributed by atoms with Crippen LogP contribution in [0.2, 0.25) is 10.0 Å². The maximum atomic E-state index is 14.1. The minimum Gasteiger partial charge on any atom is -0.495 e. The Morgan fingerprint density at radius 1 is 1.20 bits per heavy atom. The van der Waals surface area contributed by atoms with Gasteiger partial charge in [-0.1, -0.05) is 29.8 Å². The number of halogens is 2. The summed E-state index contributed by atoms with van der Waals surface area (Å²) in [5, 5.41) is 7.70. The van der Waals surface area contributed by atoms with E-state index in [1.165, 1.54) is 20.3 Å². The summed E-state index contributed by atoms with van der Waals surface area (Å²) in [4.78, 5) is 36.9. The van der Waals surface area contributed by atoms with Crippen LogP contribution in [0.1, 0.15) is 6.42 Å². The number of likely N-dealkylation sites (tertiary alicyclic amines) is 1. The van der Waals surface area contributed by atoms with E-state index < -0.39 is 0 Å².